The van der Waals surface area contributed by atoms with Crippen LogP contribution >= 0.6 is 0 Å². The molecule has 4 nitrogen and oxygen atoms in total. The summed E-state index contributed by atoms with van der Waals surface area (Å²) in [5.74, 6) is 1.33. The van der Waals surface area contributed by atoms with Crippen molar-refractivity contribution in [3.63, 3.8) is 0 Å². The summed E-state index contributed by atoms with van der Waals surface area (Å²) in [5, 5.41) is 12.5. The fraction of sp³-hybridized carbons (Fsp3) is 0.588. The van der Waals surface area contributed by atoms with Gasteiger partial charge in [0, 0.05) is 25.2 Å². The number of halogens is 1. The van der Waals surface area contributed by atoms with Gasteiger partial charge in [0.2, 0.25) is 0 Å². The van der Waals surface area contributed by atoms with Crippen molar-refractivity contribution in [2.24, 2.45) is 10.9 Å². The first-order valence-electron chi connectivity index (χ1n) is 8.05. The third kappa shape index (κ3) is 4.44. The van der Waals surface area contributed by atoms with Gasteiger partial charge in [0.15, 0.2) is 5.96 Å². The summed E-state index contributed by atoms with van der Waals surface area (Å²) in [7, 11) is 0. The van der Waals surface area contributed by atoms with Crippen LogP contribution in [0.4, 0.5) is 4.39 Å². The van der Waals surface area contributed by atoms with Gasteiger partial charge in [0.1, 0.15) is 5.82 Å². The summed E-state index contributed by atoms with van der Waals surface area (Å²) in [6, 6.07) is 4.80. The van der Waals surface area contributed by atoms with E-state index in [1.807, 2.05) is 0 Å². The second kappa shape index (κ2) is 8.13. The van der Waals surface area contributed by atoms with Crippen molar-refractivity contribution in [2.45, 2.75) is 39.8 Å². The Labute approximate surface area is 132 Å². The maximum atomic E-state index is 13.4. The van der Waals surface area contributed by atoms with Gasteiger partial charge in [-0.05, 0) is 43.4 Å². The fourth-order valence-electron chi connectivity index (χ4n) is 2.66. The number of nitrogens with zero attached hydrogens (tertiary/aromatic N) is 2. The van der Waals surface area contributed by atoms with E-state index in [-0.39, 0.29) is 12.4 Å². The van der Waals surface area contributed by atoms with Gasteiger partial charge in [-0.1, -0.05) is 13.0 Å². The number of rotatable bonds is 4. The lowest BCUT2D eigenvalue weighted by atomic mass is 10.00. The molecule has 1 aliphatic rings. The van der Waals surface area contributed by atoms with Crippen molar-refractivity contribution >= 4 is 5.96 Å². The van der Waals surface area contributed by atoms with E-state index in [1.165, 1.54) is 18.9 Å². The van der Waals surface area contributed by atoms with Crippen LogP contribution in [0.3, 0.4) is 0 Å². The lowest BCUT2D eigenvalue weighted by molar-refractivity contribution is 0.273. The van der Waals surface area contributed by atoms with E-state index in [2.05, 4.69) is 29.1 Å². The van der Waals surface area contributed by atoms with Crippen molar-refractivity contribution in [1.82, 2.24) is 10.2 Å². The van der Waals surface area contributed by atoms with Crippen molar-refractivity contribution in [1.29, 1.82) is 0 Å². The first-order chi connectivity index (χ1) is 10.6. The summed E-state index contributed by atoms with van der Waals surface area (Å²) < 4.78 is 13.4. The van der Waals surface area contributed by atoms with Crippen LogP contribution in [-0.2, 0) is 13.2 Å². The molecule has 0 aliphatic carbocycles. The Balaban J connectivity index is 2.06. The number of aliphatic hydroxyl groups excluding tert-OH is 1. The quantitative estimate of drug-likeness (QED) is 0.664. The smallest absolute Gasteiger partial charge is 0.194 e. The Hall–Kier alpha value is -1.62. The minimum absolute atomic E-state index is 0.284. The molecule has 1 aliphatic heterocycles. The highest BCUT2D eigenvalue weighted by Gasteiger charge is 2.18. The Bertz CT molecular complexity index is 511. The number of likely N-dealkylation sites (tertiary alicyclic amines) is 1. The van der Waals surface area contributed by atoms with E-state index in [4.69, 9.17) is 5.11 Å². The van der Waals surface area contributed by atoms with Crippen LogP contribution in [0, 0.1) is 11.7 Å². The summed E-state index contributed by atoms with van der Waals surface area (Å²) in [6.45, 7) is 7.43. The Morgan fingerprint density at radius 2 is 2.14 bits per heavy atom. The second-order valence-electron chi connectivity index (χ2n) is 5.92. The number of aliphatic hydroxyl groups is 1. The maximum Gasteiger partial charge on any atom is 0.194 e. The van der Waals surface area contributed by atoms with Crippen molar-refractivity contribution in [2.75, 3.05) is 19.6 Å². The normalized spacial score (nSPS) is 16.9. The monoisotopic (exact) mass is 307 g/mol. The summed E-state index contributed by atoms with van der Waals surface area (Å²) >= 11 is 0. The largest absolute Gasteiger partial charge is 0.392 e. The molecule has 1 aromatic rings. The molecule has 0 aromatic heterocycles. The molecule has 5 heteroatoms. The molecular weight excluding hydrogens is 281 g/mol. The third-order valence-corrected chi connectivity index (χ3v) is 4.11. The van der Waals surface area contributed by atoms with E-state index >= 15 is 0 Å². The third-order valence-electron chi connectivity index (χ3n) is 4.11. The molecule has 22 heavy (non-hydrogen) atoms. The molecule has 0 saturated carbocycles. The molecule has 0 bridgehead atoms. The molecule has 2 N–H and O–H groups in total. The predicted octanol–water partition coefficient (Wildman–Crippen LogP) is 2.52. The summed E-state index contributed by atoms with van der Waals surface area (Å²) in [6.07, 6.45) is 2.38. The van der Waals surface area contributed by atoms with E-state index in [0.29, 0.717) is 12.1 Å². The molecule has 0 atom stereocenters. The number of hydrogen-bond acceptors (Lipinski definition) is 2. The molecule has 0 amide bonds. The lowest BCUT2D eigenvalue weighted by Crippen LogP contribution is -2.45. The lowest BCUT2D eigenvalue weighted by Gasteiger charge is -2.33. The van der Waals surface area contributed by atoms with Gasteiger partial charge in [0.05, 0.1) is 13.2 Å². The first kappa shape index (κ1) is 16.7. The minimum Gasteiger partial charge on any atom is -0.392 e. The zero-order valence-corrected chi connectivity index (χ0v) is 13.5. The minimum atomic E-state index is -0.368. The van der Waals surface area contributed by atoms with Gasteiger partial charge in [0.25, 0.3) is 0 Å². The van der Waals surface area contributed by atoms with Gasteiger partial charge >= 0.3 is 0 Å². The Kier molecular flexibility index (Phi) is 6.19. The zero-order chi connectivity index (χ0) is 15.9. The molecular formula is C17H26FN3O. The second-order valence-corrected chi connectivity index (χ2v) is 5.92. The molecule has 2 rings (SSSR count). The van der Waals surface area contributed by atoms with E-state index < -0.39 is 0 Å². The Morgan fingerprint density at radius 1 is 1.41 bits per heavy atom. The van der Waals surface area contributed by atoms with Crippen molar-refractivity contribution in [3.8, 4) is 0 Å². The number of piperidine rings is 1. The van der Waals surface area contributed by atoms with E-state index in [9.17, 15) is 4.39 Å². The van der Waals surface area contributed by atoms with Crippen LogP contribution in [-0.4, -0.2) is 35.6 Å². The van der Waals surface area contributed by atoms with Gasteiger partial charge in [-0.3, -0.25) is 0 Å². The van der Waals surface area contributed by atoms with Crippen molar-refractivity contribution in [3.05, 3.63) is 35.1 Å². The highest BCUT2D eigenvalue weighted by molar-refractivity contribution is 5.80. The number of hydrogen-bond donors (Lipinski definition) is 2. The average Bonchev–Trinajstić information content (AvgIpc) is 2.53. The van der Waals surface area contributed by atoms with E-state index in [0.717, 1.165) is 37.1 Å². The summed E-state index contributed by atoms with van der Waals surface area (Å²) in [4.78, 5) is 6.96. The number of nitrogens with one attached hydrogen (secondary N) is 1. The van der Waals surface area contributed by atoms with Crippen LogP contribution in [0.1, 0.15) is 37.8 Å². The average molecular weight is 307 g/mol. The van der Waals surface area contributed by atoms with Gasteiger partial charge in [-0.2, -0.15) is 0 Å². The SMILES string of the molecule is CCNC(=NCc1ccc(F)c(CO)c1)N1CCC(C)CC1. The van der Waals surface area contributed by atoms with Crippen LogP contribution in [0.25, 0.3) is 0 Å². The molecule has 0 radical (unpaired) electrons. The molecule has 1 heterocycles. The predicted molar refractivity (Wildman–Crippen MR) is 87.1 cm³/mol. The standard InChI is InChI=1S/C17H26FN3O/c1-3-19-17(21-8-6-13(2)7-9-21)20-11-14-4-5-16(18)15(10-14)12-22/h4-5,10,13,22H,3,6-9,11-12H2,1-2H3,(H,19,20). The highest BCUT2D eigenvalue weighted by atomic mass is 19.1. The Morgan fingerprint density at radius 3 is 2.77 bits per heavy atom. The maximum absolute atomic E-state index is 13.4. The molecule has 0 unspecified atom stereocenters. The van der Waals surface area contributed by atoms with E-state index in [1.54, 1.807) is 12.1 Å². The molecule has 122 valence electrons. The molecule has 0 spiro atoms. The van der Waals surface area contributed by atoms with Crippen LogP contribution in [0.2, 0.25) is 0 Å². The van der Waals surface area contributed by atoms with Gasteiger partial charge < -0.3 is 15.3 Å². The zero-order valence-electron chi connectivity index (χ0n) is 13.5. The van der Waals surface area contributed by atoms with Gasteiger partial charge in [-0.25, -0.2) is 9.38 Å². The molecule has 1 saturated heterocycles. The highest BCUT2D eigenvalue weighted by Crippen LogP contribution is 2.16. The fourth-order valence-corrected chi connectivity index (χ4v) is 2.66. The first-order valence-corrected chi connectivity index (χ1v) is 8.05. The number of benzene rings is 1. The van der Waals surface area contributed by atoms with Crippen molar-refractivity contribution < 1.29 is 9.50 Å². The van der Waals surface area contributed by atoms with Crippen LogP contribution in [0.5, 0.6) is 0 Å². The van der Waals surface area contributed by atoms with Crippen LogP contribution < -0.4 is 5.32 Å². The van der Waals surface area contributed by atoms with Gasteiger partial charge in [-0.15, -0.1) is 0 Å². The number of guanidine groups is 1. The molecule has 1 fully saturated rings. The number of aliphatic imine (C=N–C) groups is 1. The topological polar surface area (TPSA) is 47.9 Å². The summed E-state index contributed by atoms with van der Waals surface area (Å²) in [5.41, 5.74) is 1.23. The van der Waals surface area contributed by atoms with Crippen LogP contribution in [0.15, 0.2) is 23.2 Å². The molecule has 1 aromatic carbocycles.